The van der Waals surface area contributed by atoms with E-state index in [4.69, 9.17) is 24.4 Å². The van der Waals surface area contributed by atoms with Gasteiger partial charge in [-0.3, -0.25) is 9.78 Å². The minimum absolute atomic E-state index is 0.223. The minimum Gasteiger partial charge on any atom is -0.378 e. The Morgan fingerprint density at radius 1 is 0.705 bits per heavy atom. The quantitative estimate of drug-likeness (QED) is 0.278. The van der Waals surface area contributed by atoms with Crippen LogP contribution in [-0.2, 0) is 16.0 Å². The zero-order valence-electron chi connectivity index (χ0n) is 24.1. The van der Waals surface area contributed by atoms with Crippen LogP contribution in [0.2, 0.25) is 0 Å². The van der Waals surface area contributed by atoms with Crippen molar-refractivity contribution in [2.75, 3.05) is 73.0 Å². The monoisotopic (exact) mass is 595 g/mol. The van der Waals surface area contributed by atoms with E-state index >= 15 is 0 Å². The number of nitrogens with zero attached hydrogens (tertiary/aromatic N) is 6. The van der Waals surface area contributed by atoms with Crippen LogP contribution in [0.25, 0.3) is 11.4 Å². The average molecular weight is 596 g/mol. The first-order valence-electron chi connectivity index (χ1n) is 14.5. The number of anilines is 4. The number of aromatic nitrogens is 4. The molecule has 2 aromatic carbocycles. The molecular formula is C31H33N9O4. The molecule has 44 heavy (non-hydrogen) atoms. The molecule has 13 heteroatoms. The number of pyridine rings is 1. The number of hydrogen-bond acceptors (Lipinski definition) is 10. The fourth-order valence-electron chi connectivity index (χ4n) is 4.77. The third-order valence-electron chi connectivity index (χ3n) is 7.16. The summed E-state index contributed by atoms with van der Waals surface area (Å²) in [5.41, 5.74) is 3.21. The molecule has 3 amide bonds. The molecule has 2 aliphatic heterocycles. The van der Waals surface area contributed by atoms with Crippen LogP contribution in [0.4, 0.5) is 28.1 Å². The molecule has 2 saturated heterocycles. The van der Waals surface area contributed by atoms with Gasteiger partial charge < -0.3 is 35.2 Å². The van der Waals surface area contributed by atoms with Crippen LogP contribution < -0.4 is 25.8 Å². The number of hydrogen-bond donors (Lipinski definition) is 3. The van der Waals surface area contributed by atoms with Gasteiger partial charge in [0.25, 0.3) is 5.91 Å². The summed E-state index contributed by atoms with van der Waals surface area (Å²) in [5, 5.41) is 8.47. The molecular weight excluding hydrogens is 562 g/mol. The first kappa shape index (κ1) is 29.0. The zero-order valence-corrected chi connectivity index (χ0v) is 24.1. The lowest BCUT2D eigenvalue weighted by Crippen LogP contribution is -2.40. The summed E-state index contributed by atoms with van der Waals surface area (Å²) in [6.07, 6.45) is 1.68. The topological polar surface area (TPSA) is 147 Å². The molecule has 0 unspecified atom stereocenters. The van der Waals surface area contributed by atoms with Crippen LogP contribution in [-0.4, -0.2) is 84.5 Å². The van der Waals surface area contributed by atoms with Crippen LogP contribution in [0.15, 0.2) is 72.9 Å². The molecule has 0 bridgehead atoms. The molecule has 2 aromatic heterocycles. The van der Waals surface area contributed by atoms with E-state index in [1.54, 1.807) is 42.6 Å². The molecule has 0 spiro atoms. The van der Waals surface area contributed by atoms with E-state index in [2.05, 4.69) is 30.7 Å². The van der Waals surface area contributed by atoms with Gasteiger partial charge in [-0.05, 0) is 60.7 Å². The van der Waals surface area contributed by atoms with Gasteiger partial charge in [0.05, 0.1) is 38.7 Å². The Hall–Kier alpha value is -5.14. The van der Waals surface area contributed by atoms with Crippen molar-refractivity contribution >= 4 is 35.2 Å². The second-order valence-electron chi connectivity index (χ2n) is 10.2. The SMILES string of the molecule is O=C(Nc1ccc(C(=O)NCc2ccccn2)cc1)Nc1ccc(-c2nc(N3CCOCC3)nc(N3CCOCC3)n2)cc1. The van der Waals surface area contributed by atoms with Crippen molar-refractivity contribution in [1.82, 2.24) is 25.3 Å². The molecule has 0 aliphatic carbocycles. The van der Waals surface area contributed by atoms with Gasteiger partial charge in [-0.2, -0.15) is 15.0 Å². The lowest BCUT2D eigenvalue weighted by atomic mass is 10.2. The molecule has 2 aliphatic rings. The van der Waals surface area contributed by atoms with Gasteiger partial charge in [0.15, 0.2) is 5.82 Å². The fraction of sp³-hybridized carbons (Fsp3) is 0.290. The molecule has 4 heterocycles. The van der Waals surface area contributed by atoms with E-state index in [1.807, 2.05) is 30.3 Å². The maximum atomic E-state index is 12.7. The lowest BCUT2D eigenvalue weighted by molar-refractivity contribution is 0.0950. The minimum atomic E-state index is -0.408. The lowest BCUT2D eigenvalue weighted by Gasteiger charge is -2.30. The first-order valence-corrected chi connectivity index (χ1v) is 14.5. The van der Waals surface area contributed by atoms with Crippen molar-refractivity contribution in [2.45, 2.75) is 6.54 Å². The van der Waals surface area contributed by atoms with Gasteiger partial charge in [-0.15, -0.1) is 0 Å². The number of nitrogens with one attached hydrogen (secondary N) is 3. The van der Waals surface area contributed by atoms with Gasteiger partial charge in [-0.1, -0.05) is 6.07 Å². The Labute approximate surface area is 254 Å². The predicted octanol–water partition coefficient (Wildman–Crippen LogP) is 3.18. The highest BCUT2D eigenvalue weighted by molar-refractivity contribution is 6.00. The second-order valence-corrected chi connectivity index (χ2v) is 10.2. The van der Waals surface area contributed by atoms with Gasteiger partial charge in [0.2, 0.25) is 11.9 Å². The van der Waals surface area contributed by atoms with Gasteiger partial charge in [0, 0.05) is 54.9 Å². The van der Waals surface area contributed by atoms with E-state index in [0.717, 1.165) is 11.3 Å². The summed E-state index contributed by atoms with van der Waals surface area (Å²) < 4.78 is 11.0. The van der Waals surface area contributed by atoms with Crippen molar-refractivity contribution in [3.8, 4) is 11.4 Å². The summed E-state index contributed by atoms with van der Waals surface area (Å²) in [4.78, 5) is 47.9. The summed E-state index contributed by atoms with van der Waals surface area (Å²) in [6.45, 7) is 5.70. The van der Waals surface area contributed by atoms with Crippen LogP contribution in [0.1, 0.15) is 16.1 Å². The molecule has 6 rings (SSSR count). The number of morpholine rings is 2. The number of urea groups is 1. The number of benzene rings is 2. The summed E-state index contributed by atoms with van der Waals surface area (Å²) in [7, 11) is 0. The van der Waals surface area contributed by atoms with Crippen molar-refractivity contribution in [3.63, 3.8) is 0 Å². The molecule has 0 atom stereocenters. The highest BCUT2D eigenvalue weighted by Crippen LogP contribution is 2.24. The van der Waals surface area contributed by atoms with Crippen LogP contribution in [0.5, 0.6) is 0 Å². The maximum absolute atomic E-state index is 12.7. The fourth-order valence-corrected chi connectivity index (χ4v) is 4.77. The first-order chi connectivity index (χ1) is 21.6. The van der Waals surface area contributed by atoms with E-state index in [-0.39, 0.29) is 5.91 Å². The maximum Gasteiger partial charge on any atom is 0.323 e. The van der Waals surface area contributed by atoms with Gasteiger partial charge in [-0.25, -0.2) is 4.79 Å². The molecule has 13 nitrogen and oxygen atoms in total. The normalized spacial score (nSPS) is 15.0. The van der Waals surface area contributed by atoms with Crippen molar-refractivity contribution in [1.29, 1.82) is 0 Å². The molecule has 0 radical (unpaired) electrons. The Kier molecular flexibility index (Phi) is 9.14. The number of ether oxygens (including phenoxy) is 2. The molecule has 4 aromatic rings. The summed E-state index contributed by atoms with van der Waals surface area (Å²) in [5.74, 6) is 1.58. The van der Waals surface area contributed by atoms with E-state index in [0.29, 0.717) is 93.8 Å². The largest absolute Gasteiger partial charge is 0.378 e. The Morgan fingerprint density at radius 3 is 1.82 bits per heavy atom. The second kappa shape index (κ2) is 13.9. The Morgan fingerprint density at radius 2 is 1.27 bits per heavy atom. The molecule has 2 fully saturated rings. The highest BCUT2D eigenvalue weighted by atomic mass is 16.5. The van der Waals surface area contributed by atoms with Crippen LogP contribution >= 0.6 is 0 Å². The summed E-state index contributed by atoms with van der Waals surface area (Å²) >= 11 is 0. The number of rotatable bonds is 8. The van der Waals surface area contributed by atoms with Crippen molar-refractivity contribution in [2.24, 2.45) is 0 Å². The molecule has 3 N–H and O–H groups in total. The molecule has 226 valence electrons. The summed E-state index contributed by atoms with van der Waals surface area (Å²) in [6, 6.07) is 19.1. The van der Waals surface area contributed by atoms with E-state index in [1.165, 1.54) is 0 Å². The Bertz CT molecular complexity index is 1520. The van der Waals surface area contributed by atoms with Gasteiger partial charge >= 0.3 is 6.03 Å². The standard InChI is InChI=1S/C31H33N9O4/c41-28(33-21-26-3-1-2-12-32-26)23-6-10-25(11-7-23)35-31(42)34-24-8-4-22(5-9-24)27-36-29(39-13-17-43-18-14-39)38-30(37-27)40-15-19-44-20-16-40/h1-12H,13-21H2,(H,33,41)(H2,34,35,42). The number of carbonyl (C=O) groups is 2. The predicted molar refractivity (Wildman–Crippen MR) is 166 cm³/mol. The number of amides is 3. The van der Waals surface area contributed by atoms with Crippen LogP contribution in [0, 0.1) is 0 Å². The Balaban J connectivity index is 1.08. The average Bonchev–Trinajstić information content (AvgIpc) is 3.09. The zero-order chi connectivity index (χ0) is 30.1. The van der Waals surface area contributed by atoms with Crippen LogP contribution in [0.3, 0.4) is 0 Å². The smallest absolute Gasteiger partial charge is 0.323 e. The third kappa shape index (κ3) is 7.43. The van der Waals surface area contributed by atoms with E-state index < -0.39 is 6.03 Å². The van der Waals surface area contributed by atoms with Crippen molar-refractivity contribution in [3.05, 3.63) is 84.2 Å². The van der Waals surface area contributed by atoms with Gasteiger partial charge in [0.1, 0.15) is 0 Å². The van der Waals surface area contributed by atoms with E-state index in [9.17, 15) is 9.59 Å². The van der Waals surface area contributed by atoms with Crippen molar-refractivity contribution < 1.29 is 19.1 Å². The number of carbonyl (C=O) groups excluding carboxylic acids is 2. The third-order valence-corrected chi connectivity index (χ3v) is 7.16. The molecule has 0 saturated carbocycles. The highest BCUT2D eigenvalue weighted by Gasteiger charge is 2.21.